The summed E-state index contributed by atoms with van der Waals surface area (Å²) >= 11 is 0. The van der Waals surface area contributed by atoms with E-state index in [0.29, 0.717) is 0 Å². The van der Waals surface area contributed by atoms with E-state index in [0.717, 1.165) is 37.4 Å². The standard InChI is InChI=1S/C12H17N3O2/c1-10-3-4-11(15(16)17)12(9-10)14-7-5-13(2)6-8-14/h3-4,9H,5-8H2,1-2H3. The second-order valence-electron chi connectivity index (χ2n) is 4.54. The van der Waals surface area contributed by atoms with E-state index in [-0.39, 0.29) is 10.6 Å². The van der Waals surface area contributed by atoms with Gasteiger partial charge in [-0.15, -0.1) is 0 Å². The molecule has 0 amide bonds. The first-order valence-electron chi connectivity index (χ1n) is 5.76. The summed E-state index contributed by atoms with van der Waals surface area (Å²) in [4.78, 5) is 15.0. The van der Waals surface area contributed by atoms with Gasteiger partial charge in [-0.2, -0.15) is 0 Å². The van der Waals surface area contributed by atoms with Crippen LogP contribution in [0, 0.1) is 17.0 Å². The molecular weight excluding hydrogens is 218 g/mol. The number of hydrogen-bond acceptors (Lipinski definition) is 4. The third-order valence-corrected chi connectivity index (χ3v) is 3.17. The van der Waals surface area contributed by atoms with E-state index in [1.807, 2.05) is 13.0 Å². The van der Waals surface area contributed by atoms with Gasteiger partial charge in [0.25, 0.3) is 5.69 Å². The zero-order chi connectivity index (χ0) is 12.4. The van der Waals surface area contributed by atoms with Crippen molar-refractivity contribution >= 4 is 11.4 Å². The van der Waals surface area contributed by atoms with Crippen molar-refractivity contribution < 1.29 is 4.92 Å². The number of nitro groups is 1. The predicted molar refractivity (Wildman–Crippen MR) is 67.5 cm³/mol. The lowest BCUT2D eigenvalue weighted by Gasteiger charge is -2.33. The number of nitrogens with zero attached hydrogens (tertiary/aromatic N) is 3. The number of anilines is 1. The number of rotatable bonds is 2. The van der Waals surface area contributed by atoms with E-state index in [1.165, 1.54) is 0 Å². The molecule has 5 nitrogen and oxygen atoms in total. The fourth-order valence-corrected chi connectivity index (χ4v) is 2.09. The Hall–Kier alpha value is -1.62. The van der Waals surface area contributed by atoms with Crippen molar-refractivity contribution in [3.05, 3.63) is 33.9 Å². The Balaban J connectivity index is 2.30. The fraction of sp³-hybridized carbons (Fsp3) is 0.500. The minimum atomic E-state index is -0.299. The Labute approximate surface area is 101 Å². The number of nitro benzene ring substituents is 1. The second kappa shape index (κ2) is 4.71. The molecule has 1 aromatic rings. The summed E-state index contributed by atoms with van der Waals surface area (Å²) in [5, 5.41) is 11.0. The van der Waals surface area contributed by atoms with Crippen molar-refractivity contribution in [1.29, 1.82) is 0 Å². The highest BCUT2D eigenvalue weighted by atomic mass is 16.6. The molecule has 0 radical (unpaired) electrons. The second-order valence-corrected chi connectivity index (χ2v) is 4.54. The molecule has 0 N–H and O–H groups in total. The molecule has 17 heavy (non-hydrogen) atoms. The van der Waals surface area contributed by atoms with Crippen LogP contribution in [-0.4, -0.2) is 43.0 Å². The molecule has 1 fully saturated rings. The maximum Gasteiger partial charge on any atom is 0.292 e. The van der Waals surface area contributed by atoms with Gasteiger partial charge < -0.3 is 9.80 Å². The summed E-state index contributed by atoms with van der Waals surface area (Å²) in [7, 11) is 2.07. The maximum atomic E-state index is 11.0. The summed E-state index contributed by atoms with van der Waals surface area (Å²) in [5.74, 6) is 0. The van der Waals surface area contributed by atoms with Gasteiger partial charge in [-0.3, -0.25) is 10.1 Å². The first-order chi connectivity index (χ1) is 8.08. The zero-order valence-electron chi connectivity index (χ0n) is 10.2. The van der Waals surface area contributed by atoms with Crippen LogP contribution in [0.2, 0.25) is 0 Å². The Bertz CT molecular complexity index is 426. The third kappa shape index (κ3) is 2.55. The van der Waals surface area contributed by atoms with Crippen molar-refractivity contribution in [2.75, 3.05) is 38.1 Å². The Morgan fingerprint density at radius 1 is 1.24 bits per heavy atom. The van der Waals surface area contributed by atoms with Crippen molar-refractivity contribution in [1.82, 2.24) is 4.90 Å². The van der Waals surface area contributed by atoms with Crippen LogP contribution in [0.3, 0.4) is 0 Å². The zero-order valence-corrected chi connectivity index (χ0v) is 10.2. The highest BCUT2D eigenvalue weighted by molar-refractivity contribution is 5.64. The predicted octanol–water partition coefficient (Wildman–Crippen LogP) is 1.66. The summed E-state index contributed by atoms with van der Waals surface area (Å²) in [5.41, 5.74) is 2.02. The van der Waals surface area contributed by atoms with Crippen LogP contribution in [-0.2, 0) is 0 Å². The SMILES string of the molecule is Cc1ccc([N+](=O)[O-])c(N2CCN(C)CC2)c1. The fourth-order valence-electron chi connectivity index (χ4n) is 2.09. The number of likely N-dealkylation sites (N-methyl/N-ethyl adjacent to an activating group) is 1. The molecule has 5 heteroatoms. The summed E-state index contributed by atoms with van der Waals surface area (Å²) < 4.78 is 0. The van der Waals surface area contributed by atoms with E-state index in [4.69, 9.17) is 0 Å². The van der Waals surface area contributed by atoms with Crippen LogP contribution >= 0.6 is 0 Å². The third-order valence-electron chi connectivity index (χ3n) is 3.17. The van der Waals surface area contributed by atoms with Gasteiger partial charge in [-0.05, 0) is 25.6 Å². The number of piperazine rings is 1. The topological polar surface area (TPSA) is 49.6 Å². The van der Waals surface area contributed by atoms with Crippen LogP contribution in [0.15, 0.2) is 18.2 Å². The molecule has 0 atom stereocenters. The van der Waals surface area contributed by atoms with Crippen molar-refractivity contribution in [3.63, 3.8) is 0 Å². The lowest BCUT2D eigenvalue weighted by atomic mass is 10.1. The van der Waals surface area contributed by atoms with E-state index < -0.39 is 0 Å². The molecule has 1 aliphatic heterocycles. The number of aryl methyl sites for hydroxylation is 1. The van der Waals surface area contributed by atoms with Gasteiger partial charge in [0.05, 0.1) is 4.92 Å². The van der Waals surface area contributed by atoms with Gasteiger partial charge in [-0.25, -0.2) is 0 Å². The highest BCUT2D eigenvalue weighted by Crippen LogP contribution is 2.29. The summed E-state index contributed by atoms with van der Waals surface area (Å²) in [6.07, 6.45) is 0. The van der Waals surface area contributed by atoms with Crippen LogP contribution < -0.4 is 4.90 Å². The Morgan fingerprint density at radius 2 is 1.88 bits per heavy atom. The number of hydrogen-bond donors (Lipinski definition) is 0. The molecule has 1 heterocycles. The molecule has 0 unspecified atom stereocenters. The molecule has 1 saturated heterocycles. The minimum Gasteiger partial charge on any atom is -0.363 e. The van der Waals surface area contributed by atoms with Crippen LogP contribution in [0.4, 0.5) is 11.4 Å². The molecular formula is C12H17N3O2. The largest absolute Gasteiger partial charge is 0.363 e. The van der Waals surface area contributed by atoms with Crippen molar-refractivity contribution in [2.45, 2.75) is 6.92 Å². The quantitative estimate of drug-likeness (QED) is 0.578. The summed E-state index contributed by atoms with van der Waals surface area (Å²) in [6.45, 7) is 5.56. The average Bonchev–Trinajstić information content (AvgIpc) is 2.29. The van der Waals surface area contributed by atoms with Gasteiger partial charge in [0.2, 0.25) is 0 Å². The lowest BCUT2D eigenvalue weighted by molar-refractivity contribution is -0.384. The first kappa shape index (κ1) is 11.9. The molecule has 0 bridgehead atoms. The Morgan fingerprint density at radius 3 is 2.47 bits per heavy atom. The van der Waals surface area contributed by atoms with Gasteiger partial charge in [0.1, 0.15) is 5.69 Å². The normalized spacial score (nSPS) is 17.2. The monoisotopic (exact) mass is 235 g/mol. The molecule has 2 rings (SSSR count). The van der Waals surface area contributed by atoms with Gasteiger partial charge in [-0.1, -0.05) is 6.07 Å². The average molecular weight is 235 g/mol. The van der Waals surface area contributed by atoms with E-state index in [9.17, 15) is 10.1 Å². The lowest BCUT2D eigenvalue weighted by Crippen LogP contribution is -2.44. The number of benzene rings is 1. The van der Waals surface area contributed by atoms with Gasteiger partial charge in [0, 0.05) is 32.2 Å². The summed E-state index contributed by atoms with van der Waals surface area (Å²) in [6, 6.07) is 5.30. The highest BCUT2D eigenvalue weighted by Gasteiger charge is 2.22. The molecule has 92 valence electrons. The smallest absolute Gasteiger partial charge is 0.292 e. The van der Waals surface area contributed by atoms with E-state index in [1.54, 1.807) is 12.1 Å². The molecule has 1 aliphatic rings. The molecule has 0 spiro atoms. The molecule has 0 aliphatic carbocycles. The molecule has 0 saturated carbocycles. The minimum absolute atomic E-state index is 0.208. The van der Waals surface area contributed by atoms with Crippen LogP contribution in [0.5, 0.6) is 0 Å². The first-order valence-corrected chi connectivity index (χ1v) is 5.76. The maximum absolute atomic E-state index is 11.0. The van der Waals surface area contributed by atoms with E-state index in [2.05, 4.69) is 16.8 Å². The van der Waals surface area contributed by atoms with Crippen LogP contribution in [0.25, 0.3) is 0 Å². The Kier molecular flexibility index (Phi) is 3.28. The molecule has 1 aromatic carbocycles. The van der Waals surface area contributed by atoms with E-state index >= 15 is 0 Å². The van der Waals surface area contributed by atoms with Crippen molar-refractivity contribution in [3.8, 4) is 0 Å². The van der Waals surface area contributed by atoms with Crippen molar-refractivity contribution in [2.24, 2.45) is 0 Å². The van der Waals surface area contributed by atoms with Gasteiger partial charge in [0.15, 0.2) is 0 Å². The van der Waals surface area contributed by atoms with Gasteiger partial charge >= 0.3 is 0 Å². The van der Waals surface area contributed by atoms with Crippen LogP contribution in [0.1, 0.15) is 5.56 Å². The molecule has 0 aromatic heterocycles.